The summed E-state index contributed by atoms with van der Waals surface area (Å²) in [5, 5.41) is 13.1. The Balaban J connectivity index is 2.18. The van der Waals surface area contributed by atoms with Crippen LogP contribution in [-0.2, 0) is 6.18 Å². The number of amides is 1. The molecule has 1 amide bonds. The molecule has 1 atom stereocenters. The van der Waals surface area contributed by atoms with Gasteiger partial charge < -0.3 is 5.32 Å². The van der Waals surface area contributed by atoms with Gasteiger partial charge in [0.2, 0.25) is 5.82 Å². The summed E-state index contributed by atoms with van der Waals surface area (Å²) in [7, 11) is 0. The summed E-state index contributed by atoms with van der Waals surface area (Å²) in [6.07, 6.45) is -4.48. The first-order chi connectivity index (χ1) is 11.6. The third-order valence-corrected chi connectivity index (χ3v) is 3.51. The maximum atomic E-state index is 14.0. The second kappa shape index (κ2) is 6.88. The van der Waals surface area contributed by atoms with Gasteiger partial charge in [0.05, 0.1) is 22.1 Å². The molecule has 0 saturated heterocycles. The third-order valence-electron chi connectivity index (χ3n) is 3.51. The molecule has 0 saturated carbocycles. The number of halogens is 4. The van der Waals surface area contributed by atoms with Gasteiger partial charge in [-0.25, -0.2) is 0 Å². The number of hydrogen-bond donors (Lipinski definition) is 1. The van der Waals surface area contributed by atoms with Crippen molar-refractivity contribution in [3.63, 3.8) is 0 Å². The van der Waals surface area contributed by atoms with Gasteiger partial charge in [0.25, 0.3) is 5.91 Å². The number of alkyl halides is 3. The SMILES string of the molecule is C[C@H](NC(=O)c1cccc([N+](=O)[O-])c1F)c1ccc(C(F)(F)F)cc1. The van der Waals surface area contributed by atoms with Gasteiger partial charge in [-0.05, 0) is 30.7 Å². The number of carbonyl (C=O) groups excluding carboxylic acids is 1. The van der Waals surface area contributed by atoms with Crippen molar-refractivity contribution in [2.75, 3.05) is 0 Å². The first-order valence-corrected chi connectivity index (χ1v) is 7.02. The van der Waals surface area contributed by atoms with Gasteiger partial charge in [-0.2, -0.15) is 17.6 Å². The summed E-state index contributed by atoms with van der Waals surface area (Å²) in [6, 6.07) is 6.56. The molecule has 2 aromatic rings. The van der Waals surface area contributed by atoms with Crippen molar-refractivity contribution >= 4 is 11.6 Å². The van der Waals surface area contributed by atoms with Crippen molar-refractivity contribution in [2.24, 2.45) is 0 Å². The van der Waals surface area contributed by atoms with Gasteiger partial charge >= 0.3 is 11.9 Å². The molecular formula is C16H12F4N2O3. The minimum Gasteiger partial charge on any atom is -0.345 e. The molecule has 0 aromatic heterocycles. The van der Waals surface area contributed by atoms with E-state index in [0.717, 1.165) is 24.3 Å². The molecule has 0 fully saturated rings. The summed E-state index contributed by atoms with van der Waals surface area (Å²) >= 11 is 0. The van der Waals surface area contributed by atoms with Crippen LogP contribution >= 0.6 is 0 Å². The molecule has 1 N–H and O–H groups in total. The smallest absolute Gasteiger partial charge is 0.345 e. The van der Waals surface area contributed by atoms with Crippen LogP contribution in [0.15, 0.2) is 42.5 Å². The fourth-order valence-corrected chi connectivity index (χ4v) is 2.15. The zero-order valence-electron chi connectivity index (χ0n) is 12.8. The lowest BCUT2D eigenvalue weighted by Crippen LogP contribution is -2.27. The zero-order chi connectivity index (χ0) is 18.8. The van der Waals surface area contributed by atoms with Crippen LogP contribution in [0.25, 0.3) is 0 Å². The molecule has 0 unspecified atom stereocenters. The lowest BCUT2D eigenvalue weighted by atomic mass is 10.0. The normalized spacial score (nSPS) is 12.5. The molecule has 0 aliphatic carbocycles. The summed E-state index contributed by atoms with van der Waals surface area (Å²) in [5.74, 6) is -2.18. The maximum absolute atomic E-state index is 14.0. The number of nitro benzene ring substituents is 1. The number of nitrogens with one attached hydrogen (secondary N) is 1. The summed E-state index contributed by atoms with van der Waals surface area (Å²) in [6.45, 7) is 1.50. The maximum Gasteiger partial charge on any atom is 0.416 e. The van der Waals surface area contributed by atoms with E-state index in [1.807, 2.05) is 0 Å². The molecule has 0 heterocycles. The van der Waals surface area contributed by atoms with E-state index in [9.17, 15) is 32.5 Å². The minimum atomic E-state index is -4.48. The highest BCUT2D eigenvalue weighted by Crippen LogP contribution is 2.30. The van der Waals surface area contributed by atoms with Gasteiger partial charge in [0.15, 0.2) is 0 Å². The Hall–Kier alpha value is -2.97. The highest BCUT2D eigenvalue weighted by Gasteiger charge is 2.30. The Morgan fingerprint density at radius 3 is 2.28 bits per heavy atom. The lowest BCUT2D eigenvalue weighted by Gasteiger charge is -2.15. The predicted octanol–water partition coefficient (Wildman–Crippen LogP) is 4.24. The summed E-state index contributed by atoms with van der Waals surface area (Å²) in [4.78, 5) is 21.8. The Bertz CT molecular complexity index is 804. The van der Waals surface area contributed by atoms with E-state index in [1.54, 1.807) is 0 Å². The van der Waals surface area contributed by atoms with Crippen molar-refractivity contribution in [2.45, 2.75) is 19.1 Å². The number of nitrogens with zero attached hydrogens (tertiary/aromatic N) is 1. The van der Waals surface area contributed by atoms with Crippen molar-refractivity contribution in [3.8, 4) is 0 Å². The van der Waals surface area contributed by atoms with Crippen LogP contribution in [0.2, 0.25) is 0 Å². The van der Waals surface area contributed by atoms with Gasteiger partial charge in [-0.15, -0.1) is 0 Å². The Labute approximate surface area is 139 Å². The number of rotatable bonds is 4. The van der Waals surface area contributed by atoms with Crippen LogP contribution in [0.4, 0.5) is 23.2 Å². The predicted molar refractivity (Wildman–Crippen MR) is 80.4 cm³/mol. The fourth-order valence-electron chi connectivity index (χ4n) is 2.15. The van der Waals surface area contributed by atoms with Crippen LogP contribution in [0.5, 0.6) is 0 Å². The van der Waals surface area contributed by atoms with E-state index in [-0.39, 0.29) is 0 Å². The van der Waals surface area contributed by atoms with E-state index < -0.39 is 45.7 Å². The van der Waals surface area contributed by atoms with Crippen LogP contribution in [0.1, 0.15) is 34.5 Å². The molecule has 5 nitrogen and oxygen atoms in total. The second-order valence-electron chi connectivity index (χ2n) is 5.21. The molecule has 0 aliphatic heterocycles. The number of nitro groups is 1. The van der Waals surface area contributed by atoms with Crippen molar-refractivity contribution in [3.05, 3.63) is 75.1 Å². The highest BCUT2D eigenvalue weighted by molar-refractivity contribution is 5.95. The van der Waals surface area contributed by atoms with E-state index in [1.165, 1.54) is 25.1 Å². The third kappa shape index (κ3) is 4.11. The van der Waals surface area contributed by atoms with E-state index in [4.69, 9.17) is 0 Å². The average molecular weight is 356 g/mol. The Kier molecular flexibility index (Phi) is 5.05. The first kappa shape index (κ1) is 18.4. The first-order valence-electron chi connectivity index (χ1n) is 7.02. The molecule has 25 heavy (non-hydrogen) atoms. The Morgan fingerprint density at radius 1 is 1.16 bits per heavy atom. The standard InChI is InChI=1S/C16H12F4N2O3/c1-9(10-5-7-11(8-6-10)16(18,19)20)21-15(23)12-3-2-4-13(14(12)17)22(24)25/h2-9H,1H3,(H,21,23)/t9-/m0/s1. The highest BCUT2D eigenvalue weighted by atomic mass is 19.4. The Morgan fingerprint density at radius 2 is 1.76 bits per heavy atom. The number of carbonyl (C=O) groups is 1. The summed E-state index contributed by atoms with van der Waals surface area (Å²) in [5.41, 5.74) is -1.82. The molecule has 2 aromatic carbocycles. The molecule has 9 heteroatoms. The van der Waals surface area contributed by atoms with E-state index in [2.05, 4.69) is 5.32 Å². The van der Waals surface area contributed by atoms with Crippen LogP contribution in [-0.4, -0.2) is 10.8 Å². The van der Waals surface area contributed by atoms with Crippen LogP contribution in [0, 0.1) is 15.9 Å². The van der Waals surface area contributed by atoms with Crippen LogP contribution < -0.4 is 5.32 Å². The van der Waals surface area contributed by atoms with E-state index in [0.29, 0.717) is 5.56 Å². The molecule has 0 bridgehead atoms. The minimum absolute atomic E-state index is 0.368. The quantitative estimate of drug-likeness (QED) is 0.506. The van der Waals surface area contributed by atoms with Gasteiger partial charge in [-0.3, -0.25) is 14.9 Å². The fraction of sp³-hybridized carbons (Fsp3) is 0.188. The van der Waals surface area contributed by atoms with Crippen molar-refractivity contribution < 1.29 is 27.3 Å². The van der Waals surface area contributed by atoms with Gasteiger partial charge in [0, 0.05) is 6.07 Å². The van der Waals surface area contributed by atoms with Gasteiger partial charge in [0.1, 0.15) is 0 Å². The van der Waals surface area contributed by atoms with Crippen molar-refractivity contribution in [1.29, 1.82) is 0 Å². The monoisotopic (exact) mass is 356 g/mol. The largest absolute Gasteiger partial charge is 0.416 e. The van der Waals surface area contributed by atoms with Crippen molar-refractivity contribution in [1.82, 2.24) is 5.32 Å². The number of benzene rings is 2. The molecule has 0 aliphatic rings. The van der Waals surface area contributed by atoms with Crippen LogP contribution in [0.3, 0.4) is 0 Å². The molecule has 132 valence electrons. The lowest BCUT2D eigenvalue weighted by molar-refractivity contribution is -0.387. The topological polar surface area (TPSA) is 72.2 Å². The van der Waals surface area contributed by atoms with E-state index >= 15 is 0 Å². The van der Waals surface area contributed by atoms with Gasteiger partial charge in [-0.1, -0.05) is 18.2 Å². The second-order valence-corrected chi connectivity index (χ2v) is 5.21. The zero-order valence-corrected chi connectivity index (χ0v) is 12.8. The molecule has 0 radical (unpaired) electrons. The number of hydrogen-bond acceptors (Lipinski definition) is 3. The molecule has 2 rings (SSSR count). The summed E-state index contributed by atoms with van der Waals surface area (Å²) < 4.78 is 51.6. The average Bonchev–Trinajstić information content (AvgIpc) is 2.53. The molecular weight excluding hydrogens is 344 g/mol. The molecule has 0 spiro atoms.